The standard InChI is InChI=1S/C19H17ClN2O5/c1-11-9-13-5-3-4-6-16(13)21(11)18(23)12(2)27-19(24)15-10-14(20)7-8-17(15)22(25)26/h3-8,10-12H,9H2,1-2H3. The van der Waals surface area contributed by atoms with E-state index < -0.39 is 22.7 Å². The molecule has 0 saturated carbocycles. The van der Waals surface area contributed by atoms with E-state index in [1.54, 1.807) is 4.90 Å². The molecule has 0 saturated heterocycles. The molecule has 1 aliphatic rings. The summed E-state index contributed by atoms with van der Waals surface area (Å²) in [6.45, 7) is 3.36. The van der Waals surface area contributed by atoms with E-state index >= 15 is 0 Å². The quantitative estimate of drug-likeness (QED) is 0.451. The highest BCUT2D eigenvalue weighted by atomic mass is 35.5. The average molecular weight is 389 g/mol. The van der Waals surface area contributed by atoms with Gasteiger partial charge in [-0.1, -0.05) is 29.8 Å². The predicted octanol–water partition coefficient (Wildman–Crippen LogP) is 3.77. The summed E-state index contributed by atoms with van der Waals surface area (Å²) < 4.78 is 5.23. The van der Waals surface area contributed by atoms with Gasteiger partial charge in [0.25, 0.3) is 11.6 Å². The van der Waals surface area contributed by atoms with Crippen LogP contribution in [-0.4, -0.2) is 28.9 Å². The van der Waals surface area contributed by atoms with Crippen molar-refractivity contribution in [1.29, 1.82) is 0 Å². The fraction of sp³-hybridized carbons (Fsp3) is 0.263. The first kappa shape index (κ1) is 18.8. The lowest BCUT2D eigenvalue weighted by Gasteiger charge is -2.25. The number of esters is 1. The number of fused-ring (bicyclic) bond motifs is 1. The molecule has 140 valence electrons. The van der Waals surface area contributed by atoms with Crippen LogP contribution in [0.5, 0.6) is 0 Å². The van der Waals surface area contributed by atoms with Crippen molar-refractivity contribution in [1.82, 2.24) is 0 Å². The molecule has 2 atom stereocenters. The number of carbonyl (C=O) groups is 2. The molecule has 27 heavy (non-hydrogen) atoms. The molecule has 0 radical (unpaired) electrons. The fourth-order valence-electron chi connectivity index (χ4n) is 3.20. The molecule has 1 heterocycles. The lowest BCUT2D eigenvalue weighted by Crippen LogP contribution is -2.43. The van der Waals surface area contributed by atoms with Crippen LogP contribution in [0, 0.1) is 10.1 Å². The van der Waals surface area contributed by atoms with Crippen LogP contribution in [0.25, 0.3) is 0 Å². The van der Waals surface area contributed by atoms with Gasteiger partial charge in [-0.2, -0.15) is 0 Å². The minimum atomic E-state index is -1.11. The lowest BCUT2D eigenvalue weighted by molar-refractivity contribution is -0.385. The normalized spacial score (nSPS) is 16.6. The molecule has 0 fully saturated rings. The first-order valence-corrected chi connectivity index (χ1v) is 8.73. The molecule has 3 rings (SSSR count). The van der Waals surface area contributed by atoms with Crippen molar-refractivity contribution in [2.45, 2.75) is 32.4 Å². The van der Waals surface area contributed by atoms with Gasteiger partial charge in [0.1, 0.15) is 5.56 Å². The van der Waals surface area contributed by atoms with Crippen molar-refractivity contribution in [3.8, 4) is 0 Å². The van der Waals surface area contributed by atoms with Gasteiger partial charge in [-0.15, -0.1) is 0 Å². The van der Waals surface area contributed by atoms with E-state index in [1.807, 2.05) is 31.2 Å². The van der Waals surface area contributed by atoms with Gasteiger partial charge in [0.15, 0.2) is 6.10 Å². The molecule has 0 spiro atoms. The minimum Gasteiger partial charge on any atom is -0.449 e. The molecule has 0 bridgehead atoms. The third kappa shape index (κ3) is 3.64. The molecule has 0 N–H and O–H groups in total. The van der Waals surface area contributed by atoms with Crippen molar-refractivity contribution < 1.29 is 19.2 Å². The fourth-order valence-corrected chi connectivity index (χ4v) is 3.37. The van der Waals surface area contributed by atoms with Gasteiger partial charge < -0.3 is 9.64 Å². The Morgan fingerprint density at radius 3 is 2.70 bits per heavy atom. The van der Waals surface area contributed by atoms with Crippen molar-refractivity contribution in [2.24, 2.45) is 0 Å². The van der Waals surface area contributed by atoms with Crippen LogP contribution in [-0.2, 0) is 16.0 Å². The number of nitro benzene ring substituents is 1. The van der Waals surface area contributed by atoms with Gasteiger partial charge in [-0.3, -0.25) is 14.9 Å². The summed E-state index contributed by atoms with van der Waals surface area (Å²) >= 11 is 5.84. The Morgan fingerprint density at radius 2 is 2.00 bits per heavy atom. The molecule has 2 aromatic carbocycles. The highest BCUT2D eigenvalue weighted by Gasteiger charge is 2.35. The lowest BCUT2D eigenvalue weighted by atomic mass is 10.1. The van der Waals surface area contributed by atoms with Crippen LogP contribution >= 0.6 is 11.6 Å². The summed E-state index contributed by atoms with van der Waals surface area (Å²) in [5.41, 5.74) is 1.11. The van der Waals surface area contributed by atoms with Gasteiger partial charge in [0, 0.05) is 22.8 Å². The Labute approximate surface area is 160 Å². The molecule has 2 unspecified atom stereocenters. The first-order valence-electron chi connectivity index (χ1n) is 8.35. The van der Waals surface area contributed by atoms with Crippen LogP contribution < -0.4 is 4.90 Å². The number of nitro groups is 1. The Morgan fingerprint density at radius 1 is 1.30 bits per heavy atom. The number of benzene rings is 2. The zero-order valence-electron chi connectivity index (χ0n) is 14.7. The van der Waals surface area contributed by atoms with Gasteiger partial charge in [-0.25, -0.2) is 4.79 Å². The summed E-state index contributed by atoms with van der Waals surface area (Å²) in [6.07, 6.45) is -0.396. The highest BCUT2D eigenvalue weighted by Crippen LogP contribution is 2.32. The largest absolute Gasteiger partial charge is 0.449 e. The van der Waals surface area contributed by atoms with Gasteiger partial charge >= 0.3 is 5.97 Å². The van der Waals surface area contributed by atoms with Crippen LogP contribution in [0.4, 0.5) is 11.4 Å². The molecule has 8 heteroatoms. The van der Waals surface area contributed by atoms with Gasteiger partial charge in [0.2, 0.25) is 0 Å². The number of carbonyl (C=O) groups excluding carboxylic acids is 2. The van der Waals surface area contributed by atoms with Crippen LogP contribution in [0.3, 0.4) is 0 Å². The molecule has 1 amide bonds. The molecular formula is C19H17ClN2O5. The summed E-state index contributed by atoms with van der Waals surface area (Å²) in [6, 6.07) is 11.1. The van der Waals surface area contributed by atoms with Crippen LogP contribution in [0.2, 0.25) is 5.02 Å². The van der Waals surface area contributed by atoms with Crippen molar-refractivity contribution in [3.05, 3.63) is 68.7 Å². The number of halogens is 1. The van der Waals surface area contributed by atoms with Crippen LogP contribution in [0.1, 0.15) is 29.8 Å². The number of rotatable bonds is 4. The molecule has 2 aromatic rings. The molecule has 1 aliphatic heterocycles. The summed E-state index contributed by atoms with van der Waals surface area (Å²) in [5.74, 6) is -1.35. The maximum atomic E-state index is 12.9. The first-order chi connectivity index (χ1) is 12.8. The zero-order valence-corrected chi connectivity index (χ0v) is 15.5. The van der Waals surface area contributed by atoms with E-state index in [0.29, 0.717) is 6.42 Å². The number of nitrogens with zero attached hydrogens (tertiary/aromatic N) is 2. The Bertz CT molecular complexity index is 930. The maximum Gasteiger partial charge on any atom is 0.345 e. The number of amides is 1. The summed E-state index contributed by atoms with van der Waals surface area (Å²) in [7, 11) is 0. The van der Waals surface area contributed by atoms with Crippen molar-refractivity contribution in [3.63, 3.8) is 0 Å². The number of ether oxygens (including phenoxy) is 1. The minimum absolute atomic E-state index is 0.0726. The topological polar surface area (TPSA) is 89.7 Å². The van der Waals surface area contributed by atoms with Gasteiger partial charge in [0.05, 0.1) is 4.92 Å². The Balaban J connectivity index is 1.81. The number of para-hydroxylation sites is 1. The number of anilines is 1. The Kier molecular flexibility index (Phi) is 5.14. The number of hydrogen-bond donors (Lipinski definition) is 0. The highest BCUT2D eigenvalue weighted by molar-refractivity contribution is 6.31. The Hall–Kier alpha value is -2.93. The molecule has 7 nitrogen and oxygen atoms in total. The second kappa shape index (κ2) is 7.36. The predicted molar refractivity (Wildman–Crippen MR) is 100 cm³/mol. The van der Waals surface area contributed by atoms with Crippen molar-refractivity contribution >= 4 is 34.9 Å². The monoisotopic (exact) mass is 388 g/mol. The van der Waals surface area contributed by atoms with E-state index in [2.05, 4.69) is 0 Å². The second-order valence-electron chi connectivity index (χ2n) is 6.36. The third-order valence-electron chi connectivity index (χ3n) is 4.45. The molecular weight excluding hydrogens is 372 g/mol. The third-order valence-corrected chi connectivity index (χ3v) is 4.69. The van der Waals surface area contributed by atoms with Crippen LogP contribution in [0.15, 0.2) is 42.5 Å². The van der Waals surface area contributed by atoms with E-state index in [4.69, 9.17) is 16.3 Å². The van der Waals surface area contributed by atoms with E-state index in [0.717, 1.165) is 23.4 Å². The van der Waals surface area contributed by atoms with E-state index in [1.165, 1.54) is 13.0 Å². The van der Waals surface area contributed by atoms with E-state index in [9.17, 15) is 19.7 Å². The molecule has 0 aliphatic carbocycles. The smallest absolute Gasteiger partial charge is 0.345 e. The summed E-state index contributed by atoms with van der Waals surface area (Å²) in [4.78, 5) is 37.3. The average Bonchev–Trinajstić information content (AvgIpc) is 2.96. The number of hydrogen-bond acceptors (Lipinski definition) is 5. The SMILES string of the molecule is CC(OC(=O)c1cc(Cl)ccc1[N+](=O)[O-])C(=O)N1c2ccccc2CC1C. The van der Waals surface area contributed by atoms with Gasteiger partial charge in [-0.05, 0) is 44.0 Å². The summed E-state index contributed by atoms with van der Waals surface area (Å²) in [5, 5.41) is 11.3. The molecule has 0 aromatic heterocycles. The second-order valence-corrected chi connectivity index (χ2v) is 6.79. The zero-order chi connectivity index (χ0) is 19.7. The maximum absolute atomic E-state index is 12.9. The van der Waals surface area contributed by atoms with E-state index in [-0.39, 0.29) is 22.5 Å². The van der Waals surface area contributed by atoms with Crippen molar-refractivity contribution in [2.75, 3.05) is 4.90 Å².